The Morgan fingerprint density at radius 1 is 0.960 bits per heavy atom. The molecule has 25 heavy (non-hydrogen) atoms. The summed E-state index contributed by atoms with van der Waals surface area (Å²) in [7, 11) is 0. The van der Waals surface area contributed by atoms with Gasteiger partial charge in [-0.2, -0.15) is 0 Å². The largest absolute Gasteiger partial charge is 0.326 e. The molecule has 0 bridgehead atoms. The molecule has 0 heterocycles. The molecule has 0 atom stereocenters. The van der Waals surface area contributed by atoms with Crippen molar-refractivity contribution < 1.29 is 9.59 Å². The van der Waals surface area contributed by atoms with Crippen molar-refractivity contribution in [1.29, 1.82) is 0 Å². The number of hydrogen-bond acceptors (Lipinski definition) is 3. The number of hydrogen-bond donors (Lipinski definition) is 1. The summed E-state index contributed by atoms with van der Waals surface area (Å²) >= 11 is 1.43. The summed E-state index contributed by atoms with van der Waals surface area (Å²) < 4.78 is 0. The van der Waals surface area contributed by atoms with E-state index in [9.17, 15) is 9.59 Å². The highest BCUT2D eigenvalue weighted by Crippen LogP contribution is 2.13. The smallest absolute Gasteiger partial charge is 0.224 e. The number of unbranched alkanes of at least 4 members (excludes halogenated alkanes) is 7. The fraction of sp³-hybridized carbons (Fsp3) is 0.524. The number of terminal acetylenes is 1. The van der Waals surface area contributed by atoms with Gasteiger partial charge in [0.05, 0.1) is 0 Å². The minimum Gasteiger partial charge on any atom is -0.326 e. The molecule has 1 aromatic carbocycles. The molecule has 0 aliphatic rings. The van der Waals surface area contributed by atoms with Crippen LogP contribution in [0, 0.1) is 12.3 Å². The summed E-state index contributed by atoms with van der Waals surface area (Å²) in [6.45, 7) is 1.62. The van der Waals surface area contributed by atoms with Gasteiger partial charge in [-0.3, -0.25) is 9.59 Å². The molecule has 1 N–H and O–H groups in total. The molecule has 1 rings (SSSR count). The zero-order valence-corrected chi connectivity index (χ0v) is 16.0. The first-order valence-electron chi connectivity index (χ1n) is 9.11. The van der Waals surface area contributed by atoms with Crippen molar-refractivity contribution in [3.05, 3.63) is 29.8 Å². The third kappa shape index (κ3) is 11.4. The monoisotopic (exact) mass is 359 g/mol. The van der Waals surface area contributed by atoms with Crippen molar-refractivity contribution in [2.75, 3.05) is 11.1 Å². The van der Waals surface area contributed by atoms with Crippen LogP contribution < -0.4 is 5.32 Å². The Hall–Kier alpha value is -1.73. The second-order valence-corrected chi connectivity index (χ2v) is 7.46. The van der Waals surface area contributed by atoms with Crippen LogP contribution in [-0.2, 0) is 9.59 Å². The van der Waals surface area contributed by atoms with Gasteiger partial charge in [-0.25, -0.2) is 0 Å². The van der Waals surface area contributed by atoms with Crippen molar-refractivity contribution in [2.45, 2.75) is 64.7 Å². The van der Waals surface area contributed by atoms with Gasteiger partial charge in [0.15, 0.2) is 5.12 Å². The predicted molar refractivity (Wildman–Crippen MR) is 108 cm³/mol. The van der Waals surface area contributed by atoms with Gasteiger partial charge in [0.1, 0.15) is 0 Å². The van der Waals surface area contributed by atoms with Crippen molar-refractivity contribution in [2.24, 2.45) is 0 Å². The predicted octanol–water partition coefficient (Wildman–Crippen LogP) is 5.40. The van der Waals surface area contributed by atoms with E-state index in [2.05, 4.69) is 11.2 Å². The lowest BCUT2D eigenvalue weighted by atomic mass is 10.1. The molecule has 0 saturated carbocycles. The van der Waals surface area contributed by atoms with Gasteiger partial charge in [-0.15, -0.1) is 6.42 Å². The molecule has 3 nitrogen and oxygen atoms in total. The number of amides is 1. The SMILES string of the molecule is C#Cc1ccc(NC(=O)CCCCCCCCCCSC(C)=O)cc1. The maximum Gasteiger partial charge on any atom is 0.224 e. The van der Waals surface area contributed by atoms with Crippen molar-refractivity contribution in [3.63, 3.8) is 0 Å². The molecule has 0 radical (unpaired) electrons. The van der Waals surface area contributed by atoms with E-state index in [0.29, 0.717) is 6.42 Å². The van der Waals surface area contributed by atoms with Crippen LogP contribution in [0.4, 0.5) is 5.69 Å². The van der Waals surface area contributed by atoms with Gasteiger partial charge in [0, 0.05) is 30.3 Å². The minimum absolute atomic E-state index is 0.0661. The van der Waals surface area contributed by atoms with E-state index in [1.807, 2.05) is 24.3 Å². The highest BCUT2D eigenvalue weighted by atomic mass is 32.2. The molecule has 1 amide bonds. The summed E-state index contributed by atoms with van der Waals surface area (Å²) in [6, 6.07) is 7.33. The fourth-order valence-corrected chi connectivity index (χ4v) is 3.17. The first kappa shape index (κ1) is 21.3. The van der Waals surface area contributed by atoms with Crippen LogP contribution in [0.25, 0.3) is 0 Å². The molecule has 0 aliphatic carbocycles. The number of benzene rings is 1. The van der Waals surface area contributed by atoms with Crippen LogP contribution in [0.5, 0.6) is 0 Å². The van der Waals surface area contributed by atoms with E-state index in [-0.39, 0.29) is 11.0 Å². The number of carbonyl (C=O) groups excluding carboxylic acids is 2. The van der Waals surface area contributed by atoms with Crippen molar-refractivity contribution in [1.82, 2.24) is 0 Å². The number of anilines is 1. The van der Waals surface area contributed by atoms with Crippen LogP contribution in [0.1, 0.15) is 70.3 Å². The van der Waals surface area contributed by atoms with Gasteiger partial charge in [-0.05, 0) is 37.1 Å². The molecule has 0 aliphatic heterocycles. The van der Waals surface area contributed by atoms with Crippen molar-refractivity contribution in [3.8, 4) is 12.3 Å². The number of nitrogens with one attached hydrogen (secondary N) is 1. The third-order valence-electron chi connectivity index (χ3n) is 3.94. The van der Waals surface area contributed by atoms with Crippen LogP contribution in [0.15, 0.2) is 24.3 Å². The average Bonchev–Trinajstić information content (AvgIpc) is 2.60. The topological polar surface area (TPSA) is 46.2 Å². The van der Waals surface area contributed by atoms with E-state index in [1.165, 1.54) is 43.9 Å². The molecular formula is C21H29NO2S. The third-order valence-corrected chi connectivity index (χ3v) is 4.84. The average molecular weight is 360 g/mol. The summed E-state index contributed by atoms with van der Waals surface area (Å²) in [4.78, 5) is 22.7. The Kier molecular flexibility index (Phi) is 11.6. The summed E-state index contributed by atoms with van der Waals surface area (Å²) in [5, 5.41) is 3.11. The molecule has 0 aromatic heterocycles. The first-order chi connectivity index (χ1) is 12.1. The zero-order chi connectivity index (χ0) is 18.3. The fourth-order valence-electron chi connectivity index (χ4n) is 2.54. The molecule has 0 saturated heterocycles. The summed E-state index contributed by atoms with van der Waals surface area (Å²) in [5.41, 5.74) is 1.61. The lowest BCUT2D eigenvalue weighted by Gasteiger charge is -2.05. The van der Waals surface area contributed by atoms with E-state index in [4.69, 9.17) is 6.42 Å². The van der Waals surface area contributed by atoms with Crippen LogP contribution in [0.3, 0.4) is 0 Å². The maximum absolute atomic E-state index is 11.9. The second-order valence-electron chi connectivity index (χ2n) is 6.19. The molecule has 0 unspecified atom stereocenters. The number of carbonyl (C=O) groups is 2. The first-order valence-corrected chi connectivity index (χ1v) is 10.1. The van der Waals surface area contributed by atoms with E-state index in [0.717, 1.165) is 36.3 Å². The lowest BCUT2D eigenvalue weighted by Crippen LogP contribution is -2.10. The van der Waals surface area contributed by atoms with Gasteiger partial charge in [0.25, 0.3) is 0 Å². The Labute approximate surface area is 156 Å². The Balaban J connectivity index is 1.94. The molecule has 0 fully saturated rings. The Bertz CT molecular complexity index is 560. The van der Waals surface area contributed by atoms with Gasteiger partial charge >= 0.3 is 0 Å². The standard InChI is InChI=1S/C21H29NO2S/c1-3-19-13-15-20(16-14-19)22-21(24)12-10-8-6-4-5-7-9-11-17-25-18(2)23/h1,13-16H,4-12,17H2,2H3,(H,22,24). The van der Waals surface area contributed by atoms with Crippen molar-refractivity contribution >= 4 is 28.5 Å². The Morgan fingerprint density at radius 2 is 1.52 bits per heavy atom. The minimum atomic E-state index is 0.0661. The van der Waals surface area contributed by atoms with Crippen LogP contribution in [0.2, 0.25) is 0 Å². The highest BCUT2D eigenvalue weighted by Gasteiger charge is 2.02. The normalized spacial score (nSPS) is 10.2. The highest BCUT2D eigenvalue weighted by molar-refractivity contribution is 8.13. The summed E-state index contributed by atoms with van der Waals surface area (Å²) in [5.74, 6) is 3.58. The quantitative estimate of drug-likeness (QED) is 0.401. The van der Waals surface area contributed by atoms with Crippen LogP contribution >= 0.6 is 11.8 Å². The maximum atomic E-state index is 11.9. The van der Waals surface area contributed by atoms with Crippen LogP contribution in [-0.4, -0.2) is 16.8 Å². The Morgan fingerprint density at radius 3 is 2.08 bits per heavy atom. The lowest BCUT2D eigenvalue weighted by molar-refractivity contribution is -0.116. The van der Waals surface area contributed by atoms with E-state index in [1.54, 1.807) is 6.92 Å². The molecule has 4 heteroatoms. The zero-order valence-electron chi connectivity index (χ0n) is 15.2. The van der Waals surface area contributed by atoms with Gasteiger partial charge < -0.3 is 5.32 Å². The number of thioether (sulfide) groups is 1. The molecular weight excluding hydrogens is 330 g/mol. The van der Waals surface area contributed by atoms with Gasteiger partial charge in [-0.1, -0.05) is 56.2 Å². The number of rotatable bonds is 12. The van der Waals surface area contributed by atoms with Gasteiger partial charge in [0.2, 0.25) is 5.91 Å². The van der Waals surface area contributed by atoms with E-state index < -0.39 is 0 Å². The molecule has 0 spiro atoms. The second kappa shape index (κ2) is 13.5. The van der Waals surface area contributed by atoms with E-state index >= 15 is 0 Å². The molecule has 1 aromatic rings. The molecule has 136 valence electrons. The summed E-state index contributed by atoms with van der Waals surface area (Å²) in [6.07, 6.45) is 15.2.